The maximum absolute atomic E-state index is 2.41. The van der Waals surface area contributed by atoms with E-state index in [4.69, 9.17) is 0 Å². The zero-order valence-electron chi connectivity index (χ0n) is 31.7. The van der Waals surface area contributed by atoms with Crippen LogP contribution in [0.5, 0.6) is 0 Å². The zero-order chi connectivity index (χ0) is 38.4. The van der Waals surface area contributed by atoms with Gasteiger partial charge in [-0.25, -0.2) is 0 Å². The molecule has 0 bridgehead atoms. The lowest BCUT2D eigenvalue weighted by atomic mass is 9.95. The number of benzene rings is 10. The Bertz CT molecular complexity index is 3280. The number of hydrogen-bond donors (Lipinski definition) is 0. The number of rotatable bonds is 7. The maximum Gasteiger partial charge on any atom is 0.0540 e. The molecule has 0 atom stereocenters. The second-order valence-corrected chi connectivity index (χ2v) is 15.9. The molecule has 0 fully saturated rings. The molecular weight excluding hydrogens is 719 g/mol. The summed E-state index contributed by atoms with van der Waals surface area (Å²) >= 11 is 1.88. The van der Waals surface area contributed by atoms with Crippen molar-refractivity contribution in [2.45, 2.75) is 0 Å². The molecule has 2 heteroatoms. The number of thiophene rings is 1. The highest BCUT2D eigenvalue weighted by Crippen LogP contribution is 2.44. The normalized spacial score (nSPS) is 11.4. The van der Waals surface area contributed by atoms with Crippen LogP contribution in [0.3, 0.4) is 0 Å². The number of anilines is 3. The molecule has 10 aromatic carbocycles. The van der Waals surface area contributed by atoms with Crippen molar-refractivity contribution in [3.8, 4) is 44.5 Å². The van der Waals surface area contributed by atoms with E-state index in [2.05, 4.69) is 229 Å². The lowest BCUT2D eigenvalue weighted by Gasteiger charge is -2.28. The lowest BCUT2D eigenvalue weighted by Crippen LogP contribution is -2.11. The summed E-state index contributed by atoms with van der Waals surface area (Å²) in [6, 6.07) is 81.9. The molecule has 0 aliphatic rings. The maximum atomic E-state index is 2.41. The van der Waals surface area contributed by atoms with E-state index in [-0.39, 0.29) is 0 Å². The van der Waals surface area contributed by atoms with Crippen molar-refractivity contribution in [1.29, 1.82) is 0 Å². The molecule has 0 saturated heterocycles. The minimum Gasteiger partial charge on any atom is -0.310 e. The fraction of sp³-hybridized carbons (Fsp3) is 0. The molecular formula is C56H37NS. The van der Waals surface area contributed by atoms with Crippen molar-refractivity contribution in [2.75, 3.05) is 4.90 Å². The Labute approximate surface area is 342 Å². The fourth-order valence-corrected chi connectivity index (χ4v) is 9.84. The van der Waals surface area contributed by atoms with Crippen LogP contribution >= 0.6 is 11.3 Å². The Hall–Kier alpha value is -7.26. The van der Waals surface area contributed by atoms with E-state index >= 15 is 0 Å². The van der Waals surface area contributed by atoms with E-state index in [1.807, 2.05) is 11.3 Å². The highest BCUT2D eigenvalue weighted by molar-refractivity contribution is 7.26. The van der Waals surface area contributed by atoms with Gasteiger partial charge >= 0.3 is 0 Å². The van der Waals surface area contributed by atoms with Gasteiger partial charge in [-0.1, -0.05) is 176 Å². The molecule has 0 amide bonds. The van der Waals surface area contributed by atoms with Gasteiger partial charge in [0.25, 0.3) is 0 Å². The van der Waals surface area contributed by atoms with E-state index in [1.54, 1.807) is 0 Å². The molecule has 58 heavy (non-hydrogen) atoms. The third-order valence-corrected chi connectivity index (χ3v) is 12.7. The van der Waals surface area contributed by atoms with E-state index in [1.165, 1.54) is 86.2 Å². The van der Waals surface area contributed by atoms with Crippen LogP contribution in [0.25, 0.3) is 86.2 Å². The van der Waals surface area contributed by atoms with Gasteiger partial charge in [-0.05, 0) is 109 Å². The molecule has 0 aliphatic carbocycles. The molecule has 11 rings (SSSR count). The monoisotopic (exact) mass is 755 g/mol. The van der Waals surface area contributed by atoms with E-state index < -0.39 is 0 Å². The van der Waals surface area contributed by atoms with Crippen molar-refractivity contribution < 1.29 is 0 Å². The van der Waals surface area contributed by atoms with Gasteiger partial charge in [0, 0.05) is 37.1 Å². The first-order chi connectivity index (χ1) is 28.7. The second kappa shape index (κ2) is 14.4. The first-order valence-corrected chi connectivity index (χ1v) is 20.6. The smallest absolute Gasteiger partial charge is 0.0540 e. The molecule has 0 radical (unpaired) electrons. The largest absolute Gasteiger partial charge is 0.310 e. The summed E-state index contributed by atoms with van der Waals surface area (Å²) in [6.45, 7) is 0. The van der Waals surface area contributed by atoms with Crippen molar-refractivity contribution in [3.05, 3.63) is 224 Å². The number of nitrogens with zero attached hydrogens (tertiary/aromatic N) is 1. The molecule has 0 saturated carbocycles. The van der Waals surface area contributed by atoms with Crippen molar-refractivity contribution in [2.24, 2.45) is 0 Å². The van der Waals surface area contributed by atoms with Gasteiger partial charge in [0.15, 0.2) is 0 Å². The van der Waals surface area contributed by atoms with Gasteiger partial charge < -0.3 is 4.90 Å². The van der Waals surface area contributed by atoms with Crippen molar-refractivity contribution >= 4 is 70.1 Å². The van der Waals surface area contributed by atoms with E-state index in [0.29, 0.717) is 0 Å². The molecule has 0 spiro atoms. The van der Waals surface area contributed by atoms with Crippen LogP contribution in [0.2, 0.25) is 0 Å². The van der Waals surface area contributed by atoms with Crippen LogP contribution in [-0.4, -0.2) is 0 Å². The zero-order valence-corrected chi connectivity index (χ0v) is 32.5. The summed E-state index contributed by atoms with van der Waals surface area (Å²) in [5.41, 5.74) is 13.0. The summed E-state index contributed by atoms with van der Waals surface area (Å²) in [7, 11) is 0. The number of fused-ring (bicyclic) bond motifs is 5. The van der Waals surface area contributed by atoms with Gasteiger partial charge in [0.05, 0.1) is 5.69 Å². The van der Waals surface area contributed by atoms with Crippen LogP contribution in [0.1, 0.15) is 0 Å². The molecule has 1 nitrogen and oxygen atoms in total. The average Bonchev–Trinajstić information content (AvgIpc) is 3.69. The highest BCUT2D eigenvalue weighted by atomic mass is 32.1. The van der Waals surface area contributed by atoms with Crippen molar-refractivity contribution in [3.63, 3.8) is 0 Å². The van der Waals surface area contributed by atoms with Crippen LogP contribution in [0.15, 0.2) is 224 Å². The lowest BCUT2D eigenvalue weighted by molar-refractivity contribution is 1.28. The fourth-order valence-electron chi connectivity index (χ4n) is 8.60. The van der Waals surface area contributed by atoms with Crippen LogP contribution in [0, 0.1) is 0 Å². The second-order valence-electron chi connectivity index (χ2n) is 14.9. The van der Waals surface area contributed by atoms with E-state index in [0.717, 1.165) is 17.1 Å². The molecule has 0 N–H and O–H groups in total. The summed E-state index contributed by atoms with van der Waals surface area (Å²) < 4.78 is 2.66. The van der Waals surface area contributed by atoms with Gasteiger partial charge in [-0.3, -0.25) is 0 Å². The summed E-state index contributed by atoms with van der Waals surface area (Å²) in [5.74, 6) is 0. The van der Waals surface area contributed by atoms with Gasteiger partial charge in [-0.2, -0.15) is 0 Å². The standard InChI is InChI=1S/C56H37NS/c1-2-14-42-36-44(27-26-38(42)12-1)40-30-34-47(35-31-40)57(54-24-7-5-19-51(54)50-22-10-15-41-13-3-4-18-48(41)50)46-32-28-39(29-33-46)43-16-9-17-45(37-43)49-21-11-23-53-52-20-6-8-25-55(52)58-56(49)53/h1-37H. The van der Waals surface area contributed by atoms with Crippen LogP contribution in [0.4, 0.5) is 17.1 Å². The Balaban J connectivity index is 1.01. The number of para-hydroxylation sites is 1. The highest BCUT2D eigenvalue weighted by Gasteiger charge is 2.19. The van der Waals surface area contributed by atoms with Crippen LogP contribution < -0.4 is 4.90 Å². The van der Waals surface area contributed by atoms with Gasteiger partial charge in [0.2, 0.25) is 0 Å². The molecule has 0 aliphatic heterocycles. The molecule has 11 aromatic rings. The quantitative estimate of drug-likeness (QED) is 0.157. The predicted molar refractivity (Wildman–Crippen MR) is 251 cm³/mol. The molecule has 1 aromatic heterocycles. The number of hydrogen-bond acceptors (Lipinski definition) is 2. The Kier molecular flexibility index (Phi) is 8.42. The van der Waals surface area contributed by atoms with Gasteiger partial charge in [0.1, 0.15) is 0 Å². The Morgan fingerprint density at radius 1 is 0.293 bits per heavy atom. The third kappa shape index (κ3) is 6.03. The topological polar surface area (TPSA) is 3.24 Å². The average molecular weight is 756 g/mol. The third-order valence-electron chi connectivity index (χ3n) is 11.5. The first kappa shape index (κ1) is 34.0. The molecule has 0 unspecified atom stereocenters. The van der Waals surface area contributed by atoms with Crippen molar-refractivity contribution in [1.82, 2.24) is 0 Å². The van der Waals surface area contributed by atoms with Crippen LogP contribution in [-0.2, 0) is 0 Å². The minimum absolute atomic E-state index is 1.10. The first-order valence-electron chi connectivity index (χ1n) is 19.8. The Morgan fingerprint density at radius 2 is 0.828 bits per heavy atom. The Morgan fingerprint density at radius 3 is 1.64 bits per heavy atom. The summed E-state index contributed by atoms with van der Waals surface area (Å²) in [6.07, 6.45) is 0. The van der Waals surface area contributed by atoms with E-state index in [9.17, 15) is 0 Å². The summed E-state index contributed by atoms with van der Waals surface area (Å²) in [5, 5.41) is 7.62. The minimum atomic E-state index is 1.10. The SMILES string of the molecule is c1cc(-c2ccc(N(c3ccc(-c4ccc5ccccc5c4)cc3)c3ccccc3-c3cccc4ccccc34)cc2)cc(-c2cccc3c2sc2ccccc23)c1. The molecule has 1 heterocycles. The summed E-state index contributed by atoms with van der Waals surface area (Å²) in [4.78, 5) is 2.41. The van der Waals surface area contributed by atoms with Gasteiger partial charge in [-0.15, -0.1) is 11.3 Å². The predicted octanol–water partition coefficient (Wildman–Crippen LogP) is 16.5. The molecule has 272 valence electrons.